The number of aryl methyl sites for hydroxylation is 1. The van der Waals surface area contributed by atoms with Crippen LogP contribution in [0.25, 0.3) is 0 Å². The van der Waals surface area contributed by atoms with E-state index in [9.17, 15) is 0 Å². The first-order chi connectivity index (χ1) is 8.48. The molecule has 0 saturated carbocycles. The van der Waals surface area contributed by atoms with E-state index in [1.165, 1.54) is 11.3 Å². The van der Waals surface area contributed by atoms with Crippen molar-refractivity contribution in [2.45, 2.75) is 40.7 Å². The zero-order chi connectivity index (χ0) is 13.6. The van der Waals surface area contributed by atoms with Crippen molar-refractivity contribution in [3.8, 4) is 0 Å². The molecule has 0 radical (unpaired) electrons. The van der Waals surface area contributed by atoms with Gasteiger partial charge in [0.15, 0.2) is 0 Å². The van der Waals surface area contributed by atoms with Crippen LogP contribution in [0.4, 0.5) is 0 Å². The zero-order valence-corrected chi connectivity index (χ0v) is 12.2. The summed E-state index contributed by atoms with van der Waals surface area (Å²) < 4.78 is 0. The number of nitrogens with zero attached hydrogens (tertiary/aromatic N) is 2. The lowest BCUT2D eigenvalue weighted by Gasteiger charge is -2.31. The lowest BCUT2D eigenvalue weighted by Crippen LogP contribution is -2.39. The van der Waals surface area contributed by atoms with Gasteiger partial charge in [-0.25, -0.2) is 0 Å². The van der Waals surface area contributed by atoms with Crippen molar-refractivity contribution in [1.82, 2.24) is 9.88 Å². The van der Waals surface area contributed by atoms with Gasteiger partial charge >= 0.3 is 0 Å². The van der Waals surface area contributed by atoms with Crippen LogP contribution in [0.2, 0.25) is 0 Å². The summed E-state index contributed by atoms with van der Waals surface area (Å²) in [6.45, 7) is 12.5. The second kappa shape index (κ2) is 6.86. The highest BCUT2D eigenvalue weighted by molar-refractivity contribution is 5.17. The van der Waals surface area contributed by atoms with Crippen LogP contribution in [0.5, 0.6) is 0 Å². The molecule has 18 heavy (non-hydrogen) atoms. The lowest BCUT2D eigenvalue weighted by atomic mass is 9.93. The summed E-state index contributed by atoms with van der Waals surface area (Å²) in [4.78, 5) is 6.94. The van der Waals surface area contributed by atoms with Crippen molar-refractivity contribution in [2.75, 3.05) is 19.6 Å². The van der Waals surface area contributed by atoms with Crippen molar-refractivity contribution in [2.24, 2.45) is 11.1 Å². The molecule has 0 atom stereocenters. The molecule has 0 spiro atoms. The Bertz CT molecular complexity index is 361. The Kier molecular flexibility index (Phi) is 5.76. The number of nitrogens with two attached hydrogens (primary N) is 1. The average molecular weight is 249 g/mol. The summed E-state index contributed by atoms with van der Waals surface area (Å²) in [5.74, 6) is 0. The summed E-state index contributed by atoms with van der Waals surface area (Å²) in [7, 11) is 0. The Morgan fingerprint density at radius 1 is 1.39 bits per heavy atom. The van der Waals surface area contributed by atoms with Crippen LogP contribution in [0.15, 0.2) is 18.3 Å². The number of hydrogen-bond donors (Lipinski definition) is 1. The van der Waals surface area contributed by atoms with Crippen LogP contribution in [0.1, 0.15) is 38.4 Å². The second-order valence-corrected chi connectivity index (χ2v) is 5.85. The van der Waals surface area contributed by atoms with E-state index in [0.717, 1.165) is 26.1 Å². The average Bonchev–Trinajstić information content (AvgIpc) is 2.32. The molecule has 0 aliphatic rings. The normalized spacial score (nSPS) is 12.1. The molecular formula is C15H27N3. The minimum atomic E-state index is 0.165. The molecule has 0 saturated heterocycles. The minimum absolute atomic E-state index is 0.165. The van der Waals surface area contributed by atoms with Gasteiger partial charge in [-0.05, 0) is 43.5 Å². The fourth-order valence-corrected chi connectivity index (χ4v) is 2.10. The minimum Gasteiger partial charge on any atom is -0.330 e. The highest BCUT2D eigenvalue weighted by atomic mass is 15.1. The van der Waals surface area contributed by atoms with Gasteiger partial charge in [-0.2, -0.15) is 0 Å². The van der Waals surface area contributed by atoms with E-state index in [1.54, 1.807) is 0 Å². The quantitative estimate of drug-likeness (QED) is 0.807. The molecule has 3 heteroatoms. The van der Waals surface area contributed by atoms with Crippen LogP contribution in [-0.2, 0) is 6.54 Å². The van der Waals surface area contributed by atoms with E-state index in [-0.39, 0.29) is 5.41 Å². The van der Waals surface area contributed by atoms with Gasteiger partial charge in [-0.1, -0.05) is 26.8 Å². The standard InChI is InChI=1S/C15H27N3/c1-5-9-18(12-15(3,4)11-16)10-14-13(2)7-6-8-17-14/h6-8H,5,9-12,16H2,1-4H3. The summed E-state index contributed by atoms with van der Waals surface area (Å²) >= 11 is 0. The van der Waals surface area contributed by atoms with Crippen molar-refractivity contribution < 1.29 is 0 Å². The van der Waals surface area contributed by atoms with Gasteiger partial charge in [-0.3, -0.25) is 9.88 Å². The molecule has 102 valence electrons. The summed E-state index contributed by atoms with van der Waals surface area (Å²) in [6, 6.07) is 4.12. The molecule has 1 heterocycles. The predicted octanol–water partition coefficient (Wildman–Crippen LogP) is 2.59. The maximum absolute atomic E-state index is 5.83. The van der Waals surface area contributed by atoms with Gasteiger partial charge in [0.2, 0.25) is 0 Å². The van der Waals surface area contributed by atoms with E-state index < -0.39 is 0 Å². The number of aromatic nitrogens is 1. The van der Waals surface area contributed by atoms with Crippen LogP contribution in [0.3, 0.4) is 0 Å². The summed E-state index contributed by atoms with van der Waals surface area (Å²) in [6.07, 6.45) is 3.03. The highest BCUT2D eigenvalue weighted by Crippen LogP contribution is 2.17. The van der Waals surface area contributed by atoms with Gasteiger partial charge < -0.3 is 5.73 Å². The molecule has 0 aliphatic carbocycles. The maximum Gasteiger partial charge on any atom is 0.0573 e. The first-order valence-corrected chi connectivity index (χ1v) is 6.81. The molecule has 0 aliphatic heterocycles. The van der Waals surface area contributed by atoms with E-state index in [0.29, 0.717) is 6.54 Å². The van der Waals surface area contributed by atoms with E-state index in [1.807, 2.05) is 12.3 Å². The molecule has 0 fully saturated rings. The van der Waals surface area contributed by atoms with E-state index >= 15 is 0 Å². The van der Waals surface area contributed by atoms with Crippen LogP contribution in [-0.4, -0.2) is 29.5 Å². The highest BCUT2D eigenvalue weighted by Gasteiger charge is 2.20. The Labute approximate surface area is 111 Å². The third-order valence-corrected chi connectivity index (χ3v) is 3.24. The SMILES string of the molecule is CCCN(Cc1ncccc1C)CC(C)(C)CN. The fourth-order valence-electron chi connectivity index (χ4n) is 2.10. The molecular weight excluding hydrogens is 222 g/mol. The molecule has 1 aromatic rings. The van der Waals surface area contributed by atoms with Crippen molar-refractivity contribution in [3.05, 3.63) is 29.6 Å². The molecule has 0 aromatic carbocycles. The molecule has 0 unspecified atom stereocenters. The molecule has 3 nitrogen and oxygen atoms in total. The van der Waals surface area contributed by atoms with Crippen LogP contribution in [0, 0.1) is 12.3 Å². The third kappa shape index (κ3) is 4.75. The first kappa shape index (κ1) is 15.1. The Balaban J connectivity index is 2.72. The van der Waals surface area contributed by atoms with Gasteiger partial charge in [0.25, 0.3) is 0 Å². The predicted molar refractivity (Wildman–Crippen MR) is 77.4 cm³/mol. The monoisotopic (exact) mass is 249 g/mol. The smallest absolute Gasteiger partial charge is 0.0573 e. The van der Waals surface area contributed by atoms with Crippen molar-refractivity contribution in [3.63, 3.8) is 0 Å². The molecule has 2 N–H and O–H groups in total. The fraction of sp³-hybridized carbons (Fsp3) is 0.667. The molecule has 1 rings (SSSR count). The second-order valence-electron chi connectivity index (χ2n) is 5.85. The number of pyridine rings is 1. The zero-order valence-electron chi connectivity index (χ0n) is 12.2. The Morgan fingerprint density at radius 3 is 2.67 bits per heavy atom. The van der Waals surface area contributed by atoms with Gasteiger partial charge in [0.05, 0.1) is 5.69 Å². The summed E-state index contributed by atoms with van der Waals surface area (Å²) in [5.41, 5.74) is 8.44. The van der Waals surface area contributed by atoms with Gasteiger partial charge in [0.1, 0.15) is 0 Å². The van der Waals surface area contributed by atoms with Crippen molar-refractivity contribution >= 4 is 0 Å². The van der Waals surface area contributed by atoms with E-state index in [2.05, 4.69) is 43.6 Å². The molecule has 0 amide bonds. The van der Waals surface area contributed by atoms with E-state index in [4.69, 9.17) is 5.73 Å². The largest absolute Gasteiger partial charge is 0.330 e. The third-order valence-electron chi connectivity index (χ3n) is 3.24. The Hall–Kier alpha value is -0.930. The van der Waals surface area contributed by atoms with Crippen LogP contribution < -0.4 is 5.73 Å². The lowest BCUT2D eigenvalue weighted by molar-refractivity contribution is 0.174. The molecule has 0 bridgehead atoms. The topological polar surface area (TPSA) is 42.2 Å². The van der Waals surface area contributed by atoms with Crippen LogP contribution >= 0.6 is 0 Å². The van der Waals surface area contributed by atoms with Gasteiger partial charge in [-0.15, -0.1) is 0 Å². The van der Waals surface area contributed by atoms with Crippen molar-refractivity contribution in [1.29, 1.82) is 0 Å². The maximum atomic E-state index is 5.83. The Morgan fingerprint density at radius 2 is 2.11 bits per heavy atom. The summed E-state index contributed by atoms with van der Waals surface area (Å²) in [5, 5.41) is 0. The number of hydrogen-bond acceptors (Lipinski definition) is 3. The first-order valence-electron chi connectivity index (χ1n) is 6.81. The van der Waals surface area contributed by atoms with Gasteiger partial charge in [0, 0.05) is 19.3 Å². The molecule has 1 aromatic heterocycles. The number of rotatable bonds is 7.